The third-order valence-electron chi connectivity index (χ3n) is 5.50. The van der Waals surface area contributed by atoms with E-state index in [1.165, 1.54) is 11.8 Å². The fraction of sp³-hybridized carbons (Fsp3) is 0.409. The van der Waals surface area contributed by atoms with Crippen LogP contribution in [0.4, 0.5) is 0 Å². The number of rotatable bonds is 4. The molecule has 0 bridgehead atoms. The summed E-state index contributed by atoms with van der Waals surface area (Å²) < 4.78 is 0. The first kappa shape index (κ1) is 20.4. The lowest BCUT2D eigenvalue weighted by atomic mass is 10.0. The van der Waals surface area contributed by atoms with Gasteiger partial charge in [-0.15, -0.1) is 0 Å². The van der Waals surface area contributed by atoms with Crippen LogP contribution in [0.2, 0.25) is 0 Å². The van der Waals surface area contributed by atoms with Crippen molar-refractivity contribution in [1.29, 1.82) is 5.26 Å². The summed E-state index contributed by atoms with van der Waals surface area (Å²) in [6, 6.07) is 12.5. The Morgan fingerprint density at radius 1 is 1.21 bits per heavy atom. The highest BCUT2D eigenvalue weighted by molar-refractivity contribution is 8.00. The third-order valence-corrected chi connectivity index (χ3v) is 6.46. The van der Waals surface area contributed by atoms with E-state index in [1.54, 1.807) is 0 Å². The van der Waals surface area contributed by atoms with E-state index in [1.807, 2.05) is 43.9 Å². The zero-order valence-corrected chi connectivity index (χ0v) is 17.7. The van der Waals surface area contributed by atoms with Gasteiger partial charge in [0.2, 0.25) is 5.91 Å². The molecule has 1 aliphatic rings. The number of carbonyl (C=O) groups excluding carboxylic acids is 1. The lowest BCUT2D eigenvalue weighted by molar-refractivity contribution is -0.133. The number of thioether (sulfide) groups is 1. The number of carbonyl (C=O) groups is 1. The first-order chi connectivity index (χ1) is 13.4. The van der Waals surface area contributed by atoms with Gasteiger partial charge >= 0.3 is 0 Å². The fourth-order valence-corrected chi connectivity index (χ4v) is 4.51. The number of aromatic nitrogens is 1. The zero-order chi connectivity index (χ0) is 20.3. The summed E-state index contributed by atoms with van der Waals surface area (Å²) in [5.74, 6) is 0.380. The molecule has 0 spiro atoms. The number of likely N-dealkylation sites (N-methyl/N-ethyl adjacent to an activating group) is 1. The Hall–Kier alpha value is -2.36. The average molecular weight is 395 g/mol. The van der Waals surface area contributed by atoms with Gasteiger partial charge in [0.15, 0.2) is 0 Å². The topological polar surface area (TPSA) is 60.2 Å². The Balaban J connectivity index is 1.78. The Labute approximate surface area is 171 Å². The summed E-state index contributed by atoms with van der Waals surface area (Å²) in [6.07, 6.45) is 0. The van der Waals surface area contributed by atoms with Gasteiger partial charge in [0.25, 0.3) is 0 Å². The second-order valence-electron chi connectivity index (χ2n) is 7.30. The van der Waals surface area contributed by atoms with Crippen LogP contribution in [0.15, 0.2) is 35.4 Å². The molecule has 6 heteroatoms. The van der Waals surface area contributed by atoms with Crippen LogP contribution in [0.1, 0.15) is 34.0 Å². The number of benzene rings is 1. The van der Waals surface area contributed by atoms with Crippen molar-refractivity contribution < 1.29 is 4.79 Å². The Kier molecular flexibility index (Phi) is 6.38. The maximum atomic E-state index is 13.1. The van der Waals surface area contributed by atoms with Crippen molar-refractivity contribution in [3.63, 3.8) is 0 Å². The average Bonchev–Trinajstić information content (AvgIpc) is 2.71. The highest BCUT2D eigenvalue weighted by atomic mass is 32.2. The van der Waals surface area contributed by atoms with E-state index in [9.17, 15) is 10.1 Å². The Morgan fingerprint density at radius 3 is 2.61 bits per heavy atom. The molecule has 5 nitrogen and oxygen atoms in total. The molecule has 1 atom stereocenters. The van der Waals surface area contributed by atoms with E-state index < -0.39 is 0 Å². The summed E-state index contributed by atoms with van der Waals surface area (Å²) in [4.78, 5) is 21.9. The summed E-state index contributed by atoms with van der Waals surface area (Å²) >= 11 is 1.37. The highest BCUT2D eigenvalue weighted by Gasteiger charge is 2.30. The molecule has 1 aromatic carbocycles. The van der Waals surface area contributed by atoms with E-state index in [0.29, 0.717) is 17.1 Å². The van der Waals surface area contributed by atoms with E-state index in [0.717, 1.165) is 35.5 Å². The lowest BCUT2D eigenvalue weighted by Crippen LogP contribution is -2.49. The molecule has 1 aromatic heterocycles. The molecule has 0 radical (unpaired) electrons. The summed E-state index contributed by atoms with van der Waals surface area (Å²) in [7, 11) is 2.09. The van der Waals surface area contributed by atoms with Gasteiger partial charge in [-0.1, -0.05) is 42.1 Å². The van der Waals surface area contributed by atoms with E-state index >= 15 is 0 Å². The summed E-state index contributed by atoms with van der Waals surface area (Å²) in [6.45, 7) is 8.27. The number of piperazine rings is 1. The predicted octanol–water partition coefficient (Wildman–Crippen LogP) is 3.49. The second-order valence-corrected chi connectivity index (χ2v) is 8.27. The van der Waals surface area contributed by atoms with Gasteiger partial charge in [0.1, 0.15) is 11.1 Å². The Morgan fingerprint density at radius 2 is 1.93 bits per heavy atom. The SMILES string of the molecule is Cc1nc(SCC(=O)N2CCN(C)CC2c2ccccc2)c(C#N)c(C)c1C. The van der Waals surface area contributed by atoms with E-state index in [-0.39, 0.29) is 17.7 Å². The quantitative estimate of drug-likeness (QED) is 0.743. The van der Waals surface area contributed by atoms with Gasteiger partial charge in [0.05, 0.1) is 17.4 Å². The molecular formula is C22H26N4OS. The minimum atomic E-state index is 0.0536. The molecule has 146 valence electrons. The first-order valence-electron chi connectivity index (χ1n) is 9.46. The zero-order valence-electron chi connectivity index (χ0n) is 16.9. The standard InChI is InChI=1S/C22H26N4OS/c1-15-16(2)19(12-23)22(24-17(15)3)28-14-21(27)26-11-10-25(4)13-20(26)18-8-6-5-7-9-18/h5-9,20H,10-11,13-14H2,1-4H3. The molecule has 1 amide bonds. The molecule has 0 saturated carbocycles. The van der Waals surface area contributed by atoms with Gasteiger partial charge in [-0.2, -0.15) is 5.26 Å². The van der Waals surface area contributed by atoms with Gasteiger partial charge < -0.3 is 9.80 Å². The van der Waals surface area contributed by atoms with Crippen LogP contribution >= 0.6 is 11.8 Å². The first-order valence-corrected chi connectivity index (χ1v) is 10.4. The largest absolute Gasteiger partial charge is 0.332 e. The van der Waals surface area contributed by atoms with Crippen molar-refractivity contribution in [3.05, 3.63) is 58.3 Å². The molecule has 2 aromatic rings. The smallest absolute Gasteiger partial charge is 0.233 e. The minimum Gasteiger partial charge on any atom is -0.332 e. The molecule has 0 N–H and O–H groups in total. The van der Waals surface area contributed by atoms with Gasteiger partial charge in [-0.25, -0.2) is 4.98 Å². The third kappa shape index (κ3) is 4.21. The van der Waals surface area contributed by atoms with Crippen molar-refractivity contribution in [2.24, 2.45) is 0 Å². The van der Waals surface area contributed by atoms with Crippen molar-refractivity contribution >= 4 is 17.7 Å². The summed E-state index contributed by atoms with van der Waals surface area (Å²) in [5.41, 5.74) is 4.64. The van der Waals surface area contributed by atoms with Gasteiger partial charge in [-0.05, 0) is 44.5 Å². The van der Waals surface area contributed by atoms with Crippen molar-refractivity contribution in [2.45, 2.75) is 31.8 Å². The molecule has 1 aliphatic heterocycles. The van der Waals surface area contributed by atoms with E-state index in [2.05, 4.69) is 35.1 Å². The fourth-order valence-electron chi connectivity index (χ4n) is 3.54. The number of nitriles is 1. The molecule has 1 unspecified atom stereocenters. The molecule has 28 heavy (non-hydrogen) atoms. The number of pyridine rings is 1. The van der Waals surface area contributed by atoms with Crippen LogP contribution < -0.4 is 0 Å². The monoisotopic (exact) mass is 394 g/mol. The number of aryl methyl sites for hydroxylation is 1. The highest BCUT2D eigenvalue weighted by Crippen LogP contribution is 2.29. The summed E-state index contributed by atoms with van der Waals surface area (Å²) in [5, 5.41) is 10.2. The van der Waals surface area contributed by atoms with E-state index in [4.69, 9.17) is 0 Å². The van der Waals surface area contributed by atoms with Crippen LogP contribution in [0, 0.1) is 32.1 Å². The molecular weight excluding hydrogens is 368 g/mol. The lowest BCUT2D eigenvalue weighted by Gasteiger charge is -2.40. The predicted molar refractivity (Wildman–Crippen MR) is 112 cm³/mol. The second kappa shape index (κ2) is 8.76. The van der Waals surface area contributed by atoms with Crippen LogP contribution in [-0.2, 0) is 4.79 Å². The normalized spacial score (nSPS) is 17.4. The van der Waals surface area contributed by atoms with Crippen molar-refractivity contribution in [3.8, 4) is 6.07 Å². The van der Waals surface area contributed by atoms with Crippen molar-refractivity contribution in [2.75, 3.05) is 32.4 Å². The van der Waals surface area contributed by atoms with Crippen LogP contribution in [0.5, 0.6) is 0 Å². The maximum Gasteiger partial charge on any atom is 0.233 e. The molecule has 2 heterocycles. The van der Waals surface area contributed by atoms with Crippen molar-refractivity contribution in [1.82, 2.24) is 14.8 Å². The number of hydrogen-bond acceptors (Lipinski definition) is 5. The van der Waals surface area contributed by atoms with Gasteiger partial charge in [0, 0.05) is 25.3 Å². The van der Waals surface area contributed by atoms with Crippen LogP contribution in [-0.4, -0.2) is 53.1 Å². The molecule has 3 rings (SSSR count). The van der Waals surface area contributed by atoms with Crippen LogP contribution in [0.3, 0.4) is 0 Å². The number of amides is 1. The molecule has 1 fully saturated rings. The number of nitrogens with zero attached hydrogens (tertiary/aromatic N) is 4. The Bertz CT molecular complexity index is 907. The molecule has 0 aliphatic carbocycles. The molecule has 1 saturated heterocycles. The van der Waals surface area contributed by atoms with Crippen LogP contribution in [0.25, 0.3) is 0 Å². The minimum absolute atomic E-state index is 0.0536. The number of hydrogen-bond donors (Lipinski definition) is 0. The van der Waals surface area contributed by atoms with Gasteiger partial charge in [-0.3, -0.25) is 4.79 Å². The maximum absolute atomic E-state index is 13.1.